The van der Waals surface area contributed by atoms with E-state index in [4.69, 9.17) is 0 Å². The van der Waals surface area contributed by atoms with Crippen LogP contribution in [0.2, 0.25) is 0 Å². The normalized spacial score (nSPS) is 12.4. The minimum Gasteiger partial charge on any atom is -0.378 e. The molecular formula is C24H20N4O5. The summed E-state index contributed by atoms with van der Waals surface area (Å²) in [4.78, 5) is 49.7. The van der Waals surface area contributed by atoms with Crippen molar-refractivity contribution in [2.75, 3.05) is 18.4 Å². The molecule has 0 fully saturated rings. The Bertz CT molecular complexity index is 1240. The fourth-order valence-corrected chi connectivity index (χ4v) is 3.60. The molecule has 0 radical (unpaired) electrons. The summed E-state index contributed by atoms with van der Waals surface area (Å²) >= 11 is 0. The van der Waals surface area contributed by atoms with Gasteiger partial charge in [0.1, 0.15) is 5.69 Å². The summed E-state index contributed by atoms with van der Waals surface area (Å²) in [6.07, 6.45) is 0. The van der Waals surface area contributed by atoms with Gasteiger partial charge in [0.25, 0.3) is 23.4 Å². The second-order valence-corrected chi connectivity index (χ2v) is 7.40. The van der Waals surface area contributed by atoms with Gasteiger partial charge in [0.05, 0.1) is 22.6 Å². The van der Waals surface area contributed by atoms with Crippen molar-refractivity contribution in [2.24, 2.45) is 0 Å². The fraction of sp³-hybridized carbons (Fsp3) is 0.125. The van der Waals surface area contributed by atoms with Crippen molar-refractivity contribution < 1.29 is 19.3 Å². The molecule has 0 atom stereocenters. The third-order valence-corrected chi connectivity index (χ3v) is 5.24. The zero-order valence-electron chi connectivity index (χ0n) is 17.5. The molecule has 9 heteroatoms. The number of amides is 3. The van der Waals surface area contributed by atoms with Crippen LogP contribution in [-0.2, 0) is 6.54 Å². The largest absolute Gasteiger partial charge is 0.378 e. The quantitative estimate of drug-likeness (QED) is 0.238. The summed E-state index contributed by atoms with van der Waals surface area (Å²) in [6, 6.07) is 19.8. The molecule has 1 heterocycles. The third kappa shape index (κ3) is 4.57. The van der Waals surface area contributed by atoms with E-state index in [-0.39, 0.29) is 47.9 Å². The number of nitrogens with one attached hydrogen (secondary N) is 2. The zero-order valence-corrected chi connectivity index (χ0v) is 17.5. The standard InChI is InChI=1S/C24H20N4O5/c29-22(26-13-12-25-20-8-4-5-9-21(20)28(32)33)17-10-11-18-19(14-17)24(31)27(23(18)30)15-16-6-2-1-3-7-16/h1-11,14,25H,12-13,15H2,(H,26,29). The predicted molar refractivity (Wildman–Crippen MR) is 121 cm³/mol. The highest BCUT2D eigenvalue weighted by molar-refractivity contribution is 6.22. The van der Waals surface area contributed by atoms with Crippen LogP contribution >= 0.6 is 0 Å². The van der Waals surface area contributed by atoms with Crippen LogP contribution in [0.4, 0.5) is 11.4 Å². The SMILES string of the molecule is O=C(NCCNc1ccccc1[N+](=O)[O-])c1ccc2c(c1)C(=O)N(Cc1ccccc1)C2=O. The molecule has 0 bridgehead atoms. The first-order valence-corrected chi connectivity index (χ1v) is 10.3. The number of imide groups is 1. The molecule has 3 aromatic rings. The van der Waals surface area contributed by atoms with E-state index in [0.717, 1.165) is 5.56 Å². The number of nitro groups is 1. The van der Waals surface area contributed by atoms with Crippen molar-refractivity contribution >= 4 is 29.1 Å². The number of rotatable bonds is 8. The van der Waals surface area contributed by atoms with Crippen LogP contribution < -0.4 is 10.6 Å². The molecule has 3 aromatic carbocycles. The van der Waals surface area contributed by atoms with E-state index in [0.29, 0.717) is 5.69 Å². The fourth-order valence-electron chi connectivity index (χ4n) is 3.60. The highest BCUT2D eigenvalue weighted by atomic mass is 16.6. The Hall–Kier alpha value is -4.53. The number of carbonyl (C=O) groups is 3. The van der Waals surface area contributed by atoms with Gasteiger partial charge in [0.15, 0.2) is 0 Å². The Balaban J connectivity index is 1.38. The van der Waals surface area contributed by atoms with E-state index in [1.54, 1.807) is 18.2 Å². The molecule has 2 N–H and O–H groups in total. The van der Waals surface area contributed by atoms with Gasteiger partial charge in [-0.05, 0) is 29.8 Å². The summed E-state index contributed by atoms with van der Waals surface area (Å²) < 4.78 is 0. The lowest BCUT2D eigenvalue weighted by Crippen LogP contribution is -2.29. The molecule has 0 saturated heterocycles. The van der Waals surface area contributed by atoms with Gasteiger partial charge in [-0.2, -0.15) is 0 Å². The lowest BCUT2D eigenvalue weighted by molar-refractivity contribution is -0.384. The van der Waals surface area contributed by atoms with Crippen LogP contribution in [0.15, 0.2) is 72.8 Å². The summed E-state index contributed by atoms with van der Waals surface area (Å²) in [5, 5.41) is 16.7. The monoisotopic (exact) mass is 444 g/mol. The van der Waals surface area contributed by atoms with Crippen molar-refractivity contribution in [1.82, 2.24) is 10.2 Å². The highest BCUT2D eigenvalue weighted by Gasteiger charge is 2.35. The van der Waals surface area contributed by atoms with Gasteiger partial charge >= 0.3 is 0 Å². The molecule has 3 amide bonds. The maximum Gasteiger partial charge on any atom is 0.292 e. The van der Waals surface area contributed by atoms with Crippen molar-refractivity contribution in [2.45, 2.75) is 6.54 Å². The zero-order chi connectivity index (χ0) is 23.4. The Morgan fingerprint density at radius 3 is 2.33 bits per heavy atom. The lowest BCUT2D eigenvalue weighted by Gasteiger charge is -2.13. The smallest absolute Gasteiger partial charge is 0.292 e. The van der Waals surface area contributed by atoms with Crippen LogP contribution in [-0.4, -0.2) is 40.6 Å². The van der Waals surface area contributed by atoms with Crippen molar-refractivity contribution in [3.63, 3.8) is 0 Å². The van der Waals surface area contributed by atoms with E-state index < -0.39 is 16.7 Å². The molecule has 0 spiro atoms. The number of para-hydroxylation sites is 2. The summed E-state index contributed by atoms with van der Waals surface area (Å²) in [6.45, 7) is 0.630. The summed E-state index contributed by atoms with van der Waals surface area (Å²) in [5.41, 5.74) is 1.85. The van der Waals surface area contributed by atoms with Crippen LogP contribution in [0.1, 0.15) is 36.6 Å². The van der Waals surface area contributed by atoms with E-state index in [9.17, 15) is 24.5 Å². The number of anilines is 1. The Morgan fingerprint density at radius 2 is 1.58 bits per heavy atom. The number of nitro benzene ring substituents is 1. The maximum atomic E-state index is 12.8. The molecule has 0 unspecified atom stereocenters. The van der Waals surface area contributed by atoms with Crippen LogP contribution in [0.25, 0.3) is 0 Å². The van der Waals surface area contributed by atoms with E-state index in [1.165, 1.54) is 29.2 Å². The first kappa shape index (κ1) is 21.7. The second-order valence-electron chi connectivity index (χ2n) is 7.40. The average Bonchev–Trinajstić information content (AvgIpc) is 3.06. The minimum atomic E-state index is -0.481. The molecule has 0 aliphatic carbocycles. The van der Waals surface area contributed by atoms with Gasteiger partial charge in [0.2, 0.25) is 0 Å². The number of benzene rings is 3. The van der Waals surface area contributed by atoms with Gasteiger partial charge in [-0.25, -0.2) is 0 Å². The molecule has 9 nitrogen and oxygen atoms in total. The molecule has 1 aliphatic rings. The topological polar surface area (TPSA) is 122 Å². The van der Waals surface area contributed by atoms with Crippen molar-refractivity contribution in [3.8, 4) is 0 Å². The van der Waals surface area contributed by atoms with Gasteiger partial charge < -0.3 is 10.6 Å². The van der Waals surface area contributed by atoms with Gasteiger partial charge in [0, 0.05) is 24.7 Å². The summed E-state index contributed by atoms with van der Waals surface area (Å²) in [7, 11) is 0. The number of hydrogen-bond acceptors (Lipinski definition) is 6. The van der Waals surface area contributed by atoms with Crippen molar-refractivity contribution in [3.05, 3.63) is 105 Å². The number of nitrogens with zero attached hydrogens (tertiary/aromatic N) is 2. The molecule has 4 rings (SSSR count). The molecular weight excluding hydrogens is 424 g/mol. The van der Waals surface area contributed by atoms with Gasteiger partial charge in [-0.15, -0.1) is 0 Å². The van der Waals surface area contributed by atoms with E-state index >= 15 is 0 Å². The molecule has 1 aliphatic heterocycles. The minimum absolute atomic E-state index is 0.0503. The number of carbonyl (C=O) groups excluding carboxylic acids is 3. The first-order chi connectivity index (χ1) is 16.0. The predicted octanol–water partition coefficient (Wildman–Crippen LogP) is 3.23. The number of hydrogen-bond donors (Lipinski definition) is 2. The van der Waals surface area contributed by atoms with E-state index in [1.807, 2.05) is 30.3 Å². The Labute approximate surface area is 189 Å². The third-order valence-electron chi connectivity index (χ3n) is 5.24. The van der Waals surface area contributed by atoms with Gasteiger partial charge in [-0.1, -0.05) is 42.5 Å². The second kappa shape index (κ2) is 9.31. The summed E-state index contributed by atoms with van der Waals surface area (Å²) in [5.74, 6) is -1.24. The maximum absolute atomic E-state index is 12.8. The Kier molecular flexibility index (Phi) is 6.12. The highest BCUT2D eigenvalue weighted by Crippen LogP contribution is 2.26. The molecule has 0 saturated carbocycles. The van der Waals surface area contributed by atoms with Crippen LogP contribution in [0.3, 0.4) is 0 Å². The molecule has 166 valence electrons. The molecule has 0 aromatic heterocycles. The van der Waals surface area contributed by atoms with Crippen LogP contribution in [0, 0.1) is 10.1 Å². The van der Waals surface area contributed by atoms with Crippen LogP contribution in [0.5, 0.6) is 0 Å². The molecule has 33 heavy (non-hydrogen) atoms. The van der Waals surface area contributed by atoms with Gasteiger partial charge in [-0.3, -0.25) is 29.4 Å². The van der Waals surface area contributed by atoms with Crippen molar-refractivity contribution in [1.29, 1.82) is 0 Å². The average molecular weight is 444 g/mol. The number of fused-ring (bicyclic) bond motifs is 1. The lowest BCUT2D eigenvalue weighted by atomic mass is 10.1. The van der Waals surface area contributed by atoms with E-state index in [2.05, 4.69) is 10.6 Å². The Morgan fingerprint density at radius 1 is 0.879 bits per heavy atom. The first-order valence-electron chi connectivity index (χ1n) is 10.3.